The van der Waals surface area contributed by atoms with E-state index in [2.05, 4.69) is 26.6 Å². The number of rotatable bonds is 4. The molecule has 0 spiro atoms. The fourth-order valence-electron chi connectivity index (χ4n) is 4.71. The topological polar surface area (TPSA) is 77.2 Å². The molecule has 2 aromatic heterocycles. The second-order valence-electron chi connectivity index (χ2n) is 8.42. The first-order chi connectivity index (χ1) is 14.9. The number of H-pyrrole nitrogens is 1. The lowest BCUT2D eigenvalue weighted by Crippen LogP contribution is -2.46. The highest BCUT2D eigenvalue weighted by Crippen LogP contribution is 2.34. The smallest absolute Gasteiger partial charge is 0.316 e. The maximum atomic E-state index is 12.7. The molecule has 7 nitrogen and oxygen atoms in total. The number of pyridine rings is 1. The number of nitrogens with one attached hydrogen (secondary N) is 2. The number of nitrogens with zero attached hydrogens (tertiary/aromatic N) is 4. The number of hydrogen-bond donors (Lipinski definition) is 2. The molecule has 0 bridgehead atoms. The Labute approximate surface area is 178 Å². The molecular formula is C22H24F2N6O. The van der Waals surface area contributed by atoms with Crippen molar-refractivity contribution in [2.24, 2.45) is 0 Å². The van der Waals surface area contributed by atoms with Crippen molar-refractivity contribution < 1.29 is 13.6 Å². The number of carbonyl (C=O) groups excluding carboxylic acids is 1. The van der Waals surface area contributed by atoms with Crippen molar-refractivity contribution in [3.05, 3.63) is 41.2 Å². The number of aromatic nitrogens is 3. The summed E-state index contributed by atoms with van der Waals surface area (Å²) in [6.45, 7) is 5.17. The minimum Gasteiger partial charge on any atom is -0.316 e. The number of hydrogen-bond acceptors (Lipinski definition) is 4. The summed E-state index contributed by atoms with van der Waals surface area (Å²) in [6.07, 6.45) is -1.66. The Kier molecular flexibility index (Phi) is 4.85. The van der Waals surface area contributed by atoms with Crippen LogP contribution in [0.5, 0.6) is 0 Å². The highest BCUT2D eigenvalue weighted by atomic mass is 19.3. The molecule has 0 saturated carbocycles. The van der Waals surface area contributed by atoms with Crippen molar-refractivity contribution in [3.63, 3.8) is 0 Å². The van der Waals surface area contributed by atoms with Gasteiger partial charge < -0.3 is 10.2 Å². The number of alkyl halides is 2. The van der Waals surface area contributed by atoms with Gasteiger partial charge >= 0.3 is 6.03 Å². The number of aromatic amines is 1. The van der Waals surface area contributed by atoms with E-state index in [0.29, 0.717) is 26.1 Å². The number of carbonyl (C=O) groups is 1. The first-order valence-corrected chi connectivity index (χ1v) is 10.4. The van der Waals surface area contributed by atoms with Gasteiger partial charge in [-0.1, -0.05) is 0 Å². The number of halogens is 2. The molecule has 0 radical (unpaired) electrons. The van der Waals surface area contributed by atoms with Gasteiger partial charge in [-0.2, -0.15) is 5.10 Å². The predicted octanol–water partition coefficient (Wildman–Crippen LogP) is 3.93. The molecule has 5 rings (SSSR count). The maximum Gasteiger partial charge on any atom is 0.322 e. The Morgan fingerprint density at radius 3 is 2.71 bits per heavy atom. The summed E-state index contributed by atoms with van der Waals surface area (Å²) in [5, 5.41) is 11.5. The molecular weight excluding hydrogens is 402 g/mol. The van der Waals surface area contributed by atoms with E-state index >= 15 is 0 Å². The molecule has 3 aromatic rings. The van der Waals surface area contributed by atoms with E-state index in [1.807, 2.05) is 32.0 Å². The standard InChI is InChI=1S/C22H24F2N6O/c1-12-5-14(6-13(2)25-12)21-17-7-15-9-30(16-3-4-29(10-16)11-20(23)24)22(31)26-18(15)8-19(17)27-28-21/h5-8,16,20H,3-4,9-11H2,1-2H3,(H,26,31)(H,27,28). The predicted molar refractivity (Wildman–Crippen MR) is 114 cm³/mol. The number of likely N-dealkylation sites (tertiary alicyclic amines) is 1. The number of benzene rings is 1. The highest BCUT2D eigenvalue weighted by molar-refractivity contribution is 6.00. The molecule has 2 aliphatic rings. The van der Waals surface area contributed by atoms with Crippen LogP contribution >= 0.6 is 0 Å². The van der Waals surface area contributed by atoms with Gasteiger partial charge in [0.15, 0.2) is 0 Å². The molecule has 1 atom stereocenters. The minimum absolute atomic E-state index is 0.0723. The lowest BCUT2D eigenvalue weighted by molar-refractivity contribution is 0.0955. The molecule has 1 aromatic carbocycles. The minimum atomic E-state index is -2.36. The van der Waals surface area contributed by atoms with Gasteiger partial charge in [0.05, 0.1) is 12.1 Å². The molecule has 1 fully saturated rings. The largest absolute Gasteiger partial charge is 0.322 e. The van der Waals surface area contributed by atoms with Crippen LogP contribution in [0.15, 0.2) is 24.3 Å². The van der Waals surface area contributed by atoms with Crippen LogP contribution in [0, 0.1) is 13.8 Å². The van der Waals surface area contributed by atoms with Crippen LogP contribution < -0.4 is 5.32 Å². The average molecular weight is 426 g/mol. The van der Waals surface area contributed by atoms with E-state index in [1.165, 1.54) is 0 Å². The summed E-state index contributed by atoms with van der Waals surface area (Å²) in [5.41, 5.74) is 6.29. The highest BCUT2D eigenvalue weighted by Gasteiger charge is 2.34. The lowest BCUT2D eigenvalue weighted by Gasteiger charge is -2.34. The molecule has 2 aliphatic heterocycles. The molecule has 31 heavy (non-hydrogen) atoms. The lowest BCUT2D eigenvalue weighted by atomic mass is 10.0. The van der Waals surface area contributed by atoms with Gasteiger partial charge in [-0.25, -0.2) is 13.6 Å². The summed E-state index contributed by atoms with van der Waals surface area (Å²) in [7, 11) is 0. The average Bonchev–Trinajstić information content (AvgIpc) is 3.31. The third-order valence-electron chi connectivity index (χ3n) is 6.07. The fourth-order valence-corrected chi connectivity index (χ4v) is 4.71. The molecule has 1 saturated heterocycles. The van der Waals surface area contributed by atoms with E-state index in [1.54, 1.807) is 9.80 Å². The van der Waals surface area contributed by atoms with Crippen molar-refractivity contribution in [1.29, 1.82) is 0 Å². The summed E-state index contributed by atoms with van der Waals surface area (Å²) in [6, 6.07) is 7.73. The summed E-state index contributed by atoms with van der Waals surface area (Å²) >= 11 is 0. The number of fused-ring (bicyclic) bond motifs is 2. The first-order valence-electron chi connectivity index (χ1n) is 10.4. The van der Waals surface area contributed by atoms with Gasteiger partial charge in [-0.3, -0.25) is 15.0 Å². The molecule has 4 heterocycles. The van der Waals surface area contributed by atoms with E-state index in [0.717, 1.165) is 44.8 Å². The van der Waals surface area contributed by atoms with Crippen LogP contribution in [0.4, 0.5) is 19.3 Å². The Balaban J connectivity index is 1.45. The third kappa shape index (κ3) is 3.74. The summed E-state index contributed by atoms with van der Waals surface area (Å²) in [4.78, 5) is 20.7. The first kappa shape index (κ1) is 19.9. The van der Waals surface area contributed by atoms with Crippen molar-refractivity contribution in [2.75, 3.05) is 25.0 Å². The Hall–Kier alpha value is -3.07. The van der Waals surface area contributed by atoms with Crippen LogP contribution in [-0.2, 0) is 6.54 Å². The zero-order valence-corrected chi connectivity index (χ0v) is 17.5. The van der Waals surface area contributed by atoms with Crippen LogP contribution in [0.3, 0.4) is 0 Å². The monoisotopic (exact) mass is 426 g/mol. The van der Waals surface area contributed by atoms with Crippen molar-refractivity contribution in [2.45, 2.75) is 39.3 Å². The summed E-state index contributed by atoms with van der Waals surface area (Å²) < 4.78 is 25.5. The molecule has 1 unspecified atom stereocenters. The zero-order valence-electron chi connectivity index (χ0n) is 17.5. The summed E-state index contributed by atoms with van der Waals surface area (Å²) in [5.74, 6) is 0. The maximum absolute atomic E-state index is 12.7. The number of anilines is 1. The van der Waals surface area contributed by atoms with Crippen LogP contribution in [0.1, 0.15) is 23.4 Å². The van der Waals surface area contributed by atoms with Gasteiger partial charge in [-0.05, 0) is 50.1 Å². The molecule has 2 N–H and O–H groups in total. The van der Waals surface area contributed by atoms with Crippen molar-refractivity contribution >= 4 is 22.6 Å². The van der Waals surface area contributed by atoms with Gasteiger partial charge in [-0.15, -0.1) is 0 Å². The van der Waals surface area contributed by atoms with Gasteiger partial charge in [0.25, 0.3) is 6.43 Å². The van der Waals surface area contributed by atoms with Gasteiger partial charge in [0, 0.05) is 53.7 Å². The Morgan fingerprint density at radius 1 is 1.19 bits per heavy atom. The Morgan fingerprint density at radius 2 is 1.97 bits per heavy atom. The number of amides is 2. The van der Waals surface area contributed by atoms with Crippen LogP contribution in [-0.4, -0.2) is 63.1 Å². The normalized spacial score (nSPS) is 19.3. The van der Waals surface area contributed by atoms with E-state index in [4.69, 9.17) is 0 Å². The molecule has 162 valence electrons. The number of aryl methyl sites for hydroxylation is 2. The zero-order chi connectivity index (χ0) is 21.7. The quantitative estimate of drug-likeness (QED) is 0.663. The van der Waals surface area contributed by atoms with E-state index < -0.39 is 6.43 Å². The molecule has 0 aliphatic carbocycles. The number of urea groups is 1. The van der Waals surface area contributed by atoms with E-state index in [-0.39, 0.29) is 18.6 Å². The second-order valence-corrected chi connectivity index (χ2v) is 8.42. The van der Waals surface area contributed by atoms with Crippen LogP contribution in [0.2, 0.25) is 0 Å². The third-order valence-corrected chi connectivity index (χ3v) is 6.07. The Bertz CT molecular complexity index is 1140. The molecule has 2 amide bonds. The van der Waals surface area contributed by atoms with Gasteiger partial charge in [0.2, 0.25) is 0 Å². The fraction of sp³-hybridized carbons (Fsp3) is 0.409. The second kappa shape index (κ2) is 7.56. The van der Waals surface area contributed by atoms with Crippen molar-refractivity contribution in [1.82, 2.24) is 25.0 Å². The van der Waals surface area contributed by atoms with Gasteiger partial charge in [0.1, 0.15) is 5.69 Å². The molecule has 9 heteroatoms. The van der Waals surface area contributed by atoms with Crippen molar-refractivity contribution in [3.8, 4) is 11.3 Å². The van der Waals surface area contributed by atoms with Crippen LogP contribution in [0.25, 0.3) is 22.2 Å². The van der Waals surface area contributed by atoms with E-state index in [9.17, 15) is 13.6 Å². The SMILES string of the molecule is Cc1cc(-c2n[nH]c3cc4c(cc23)CN(C2CCN(CC(F)F)C2)C(=O)N4)cc(C)n1.